The molecule has 12 nitrogen and oxygen atoms in total. The minimum absolute atomic E-state index is 0.139. The molecule has 0 radical (unpaired) electrons. The zero-order valence-corrected chi connectivity index (χ0v) is 27.6. The van der Waals surface area contributed by atoms with Gasteiger partial charge >= 0.3 is 11.9 Å². The summed E-state index contributed by atoms with van der Waals surface area (Å²) in [4.78, 5) is 60.8. The molecule has 12 heteroatoms. The molecule has 0 amide bonds. The lowest BCUT2D eigenvalue weighted by Crippen LogP contribution is -2.30. The molecule has 0 saturated carbocycles. The number of hydrogen-bond acceptors (Lipinski definition) is 12. The fraction of sp³-hybridized carbons (Fsp3) is 0.297. The number of rotatable bonds is 16. The van der Waals surface area contributed by atoms with Crippen LogP contribution in [0.15, 0.2) is 92.3 Å². The normalized spacial score (nSPS) is 13.5. The molecule has 0 fully saturated rings. The van der Waals surface area contributed by atoms with Crippen molar-refractivity contribution in [3.8, 4) is 11.1 Å². The van der Waals surface area contributed by atoms with Gasteiger partial charge in [0.2, 0.25) is 11.6 Å². The number of oxime groups is 2. The molecule has 0 atom stereocenters. The van der Waals surface area contributed by atoms with Gasteiger partial charge in [-0.25, -0.2) is 9.59 Å². The van der Waals surface area contributed by atoms with Crippen LogP contribution in [0.3, 0.4) is 0 Å². The standard InChI is InChI=1S/C37H36N2O10/c1-5-44-19-15-37(16-20-45-6-2)29-21-25(35(42)33(38-48-23(3)40)31-9-7-17-46-31)11-13-27(29)28-14-12-26(22-30(28)37)36(43)34(39-49-24(4)41)32-10-8-18-47-32/h7-14,17-18,21-22H,5-6,15-16,19-20H2,1-4H3/b38-33+,39-34+. The molecule has 0 spiro atoms. The maximum atomic E-state index is 14.0. The van der Waals surface area contributed by atoms with E-state index in [9.17, 15) is 19.2 Å². The third kappa shape index (κ3) is 7.50. The minimum atomic E-state index is -0.753. The van der Waals surface area contributed by atoms with Crippen molar-refractivity contribution in [3.05, 3.63) is 107 Å². The van der Waals surface area contributed by atoms with Gasteiger partial charge in [-0.2, -0.15) is 0 Å². The highest BCUT2D eigenvalue weighted by atomic mass is 16.7. The third-order valence-electron chi connectivity index (χ3n) is 8.11. The first kappa shape index (κ1) is 34.9. The Kier molecular flexibility index (Phi) is 11.1. The van der Waals surface area contributed by atoms with Gasteiger partial charge in [-0.1, -0.05) is 34.6 Å². The lowest BCUT2D eigenvalue weighted by Gasteiger charge is -2.33. The second-order valence-electron chi connectivity index (χ2n) is 11.2. The molecule has 49 heavy (non-hydrogen) atoms. The molecule has 2 aromatic heterocycles. The zero-order valence-electron chi connectivity index (χ0n) is 27.6. The second-order valence-corrected chi connectivity index (χ2v) is 11.2. The fourth-order valence-electron chi connectivity index (χ4n) is 5.94. The highest BCUT2D eigenvalue weighted by Crippen LogP contribution is 2.53. The summed E-state index contributed by atoms with van der Waals surface area (Å²) in [5, 5.41) is 7.65. The van der Waals surface area contributed by atoms with Gasteiger partial charge in [-0.15, -0.1) is 0 Å². The predicted octanol–water partition coefficient (Wildman–Crippen LogP) is 6.29. The Morgan fingerprint density at radius 3 is 1.43 bits per heavy atom. The van der Waals surface area contributed by atoms with Crippen LogP contribution in [0.1, 0.15) is 83.9 Å². The highest BCUT2D eigenvalue weighted by Gasteiger charge is 2.44. The molecular weight excluding hydrogens is 632 g/mol. The van der Waals surface area contributed by atoms with Gasteiger partial charge in [0.25, 0.3) is 0 Å². The average Bonchev–Trinajstić information content (AvgIpc) is 3.87. The molecular formula is C37H36N2O10. The molecule has 2 aromatic carbocycles. The number of ketones is 2. The molecule has 0 aliphatic heterocycles. The van der Waals surface area contributed by atoms with Crippen LogP contribution in [0.5, 0.6) is 0 Å². The number of nitrogens with zero attached hydrogens (tertiary/aromatic N) is 2. The predicted molar refractivity (Wildman–Crippen MR) is 178 cm³/mol. The van der Waals surface area contributed by atoms with Crippen molar-refractivity contribution in [2.45, 2.75) is 46.0 Å². The summed E-state index contributed by atoms with van der Waals surface area (Å²) in [6, 6.07) is 17.0. The van der Waals surface area contributed by atoms with Crippen molar-refractivity contribution in [2.24, 2.45) is 10.3 Å². The highest BCUT2D eigenvalue weighted by molar-refractivity contribution is 6.51. The van der Waals surface area contributed by atoms with Gasteiger partial charge in [-0.3, -0.25) is 9.59 Å². The lowest BCUT2D eigenvalue weighted by molar-refractivity contribution is -0.141. The molecule has 254 valence electrons. The largest absolute Gasteiger partial charge is 0.462 e. The first-order valence-corrected chi connectivity index (χ1v) is 15.8. The first-order valence-electron chi connectivity index (χ1n) is 15.8. The molecule has 0 bridgehead atoms. The van der Waals surface area contributed by atoms with E-state index in [4.69, 9.17) is 28.0 Å². The topological polar surface area (TPSA) is 156 Å². The van der Waals surface area contributed by atoms with Crippen molar-refractivity contribution in [3.63, 3.8) is 0 Å². The second kappa shape index (κ2) is 15.6. The Hall–Kier alpha value is -5.46. The first-order chi connectivity index (χ1) is 23.7. The molecule has 0 unspecified atom stereocenters. The number of fused-ring (bicyclic) bond motifs is 3. The van der Waals surface area contributed by atoms with Crippen LogP contribution in [-0.2, 0) is 34.2 Å². The Balaban J connectivity index is 1.65. The smallest absolute Gasteiger partial charge is 0.332 e. The van der Waals surface area contributed by atoms with E-state index in [2.05, 4.69) is 10.3 Å². The monoisotopic (exact) mass is 668 g/mol. The maximum absolute atomic E-state index is 14.0. The summed E-state index contributed by atoms with van der Waals surface area (Å²) in [5.74, 6) is -2.13. The van der Waals surface area contributed by atoms with Crippen molar-refractivity contribution in [1.82, 2.24) is 0 Å². The number of hydrogen-bond donors (Lipinski definition) is 0. The zero-order chi connectivity index (χ0) is 35.0. The van der Waals surface area contributed by atoms with Crippen LogP contribution in [0, 0.1) is 0 Å². The third-order valence-corrected chi connectivity index (χ3v) is 8.11. The van der Waals surface area contributed by atoms with Crippen molar-refractivity contribution in [1.29, 1.82) is 0 Å². The van der Waals surface area contributed by atoms with Crippen LogP contribution < -0.4 is 0 Å². The van der Waals surface area contributed by atoms with E-state index in [0.29, 0.717) is 39.3 Å². The summed E-state index contributed by atoms with van der Waals surface area (Å²) >= 11 is 0. The number of carbonyl (C=O) groups excluding carboxylic acids is 4. The van der Waals surface area contributed by atoms with Crippen LogP contribution in [0.25, 0.3) is 11.1 Å². The van der Waals surface area contributed by atoms with Crippen LogP contribution >= 0.6 is 0 Å². The number of carbonyl (C=O) groups is 4. The molecule has 0 N–H and O–H groups in total. The fourth-order valence-corrected chi connectivity index (χ4v) is 5.94. The minimum Gasteiger partial charge on any atom is -0.462 e. The Labute approximate surface area is 282 Å². The Morgan fingerprint density at radius 2 is 1.08 bits per heavy atom. The van der Waals surface area contributed by atoms with Gasteiger partial charge in [0.05, 0.1) is 12.5 Å². The number of ether oxygens (including phenoxy) is 2. The van der Waals surface area contributed by atoms with E-state index in [-0.39, 0.29) is 34.1 Å². The number of benzene rings is 2. The van der Waals surface area contributed by atoms with Gasteiger partial charge in [0, 0.05) is 56.8 Å². The van der Waals surface area contributed by atoms with E-state index >= 15 is 0 Å². The van der Waals surface area contributed by atoms with E-state index in [1.54, 1.807) is 48.5 Å². The van der Waals surface area contributed by atoms with E-state index in [0.717, 1.165) is 22.3 Å². The van der Waals surface area contributed by atoms with E-state index in [1.807, 2.05) is 26.0 Å². The van der Waals surface area contributed by atoms with Crippen LogP contribution in [-0.4, -0.2) is 61.4 Å². The number of Topliss-reactive ketones (excluding diaryl/α,β-unsaturated/α-hetero) is 2. The number of furan rings is 2. The quantitative estimate of drug-likeness (QED) is 0.0437. The molecule has 5 rings (SSSR count). The Bertz CT molecular complexity index is 1750. The molecule has 1 aliphatic rings. The average molecular weight is 669 g/mol. The molecule has 0 saturated heterocycles. The maximum Gasteiger partial charge on any atom is 0.332 e. The van der Waals surface area contributed by atoms with Gasteiger partial charge in [0.15, 0.2) is 22.9 Å². The Morgan fingerprint density at radius 1 is 0.653 bits per heavy atom. The van der Waals surface area contributed by atoms with Crippen molar-refractivity contribution >= 4 is 34.9 Å². The summed E-state index contributed by atoms with van der Waals surface area (Å²) in [7, 11) is 0. The van der Waals surface area contributed by atoms with Crippen molar-refractivity contribution in [2.75, 3.05) is 26.4 Å². The van der Waals surface area contributed by atoms with Gasteiger partial charge in [-0.05, 0) is 85.3 Å². The van der Waals surface area contributed by atoms with Crippen LogP contribution in [0.2, 0.25) is 0 Å². The summed E-state index contributed by atoms with van der Waals surface area (Å²) in [6.45, 7) is 7.95. The van der Waals surface area contributed by atoms with Crippen molar-refractivity contribution < 1.29 is 47.2 Å². The SMILES string of the molecule is CCOCCC1(CCOCC)c2cc(C(=O)/C(=N/OC(C)=O)c3ccco3)ccc2-c2ccc(C(=O)/C(=N/OC(C)=O)c3ccco3)cc21. The summed E-state index contributed by atoms with van der Waals surface area (Å²) in [6.07, 6.45) is 3.79. The van der Waals surface area contributed by atoms with E-state index in [1.165, 1.54) is 26.4 Å². The molecule has 4 aromatic rings. The molecule has 2 heterocycles. The van der Waals surface area contributed by atoms with Gasteiger partial charge < -0.3 is 28.0 Å². The summed E-state index contributed by atoms with van der Waals surface area (Å²) in [5.41, 5.74) is 2.89. The lowest BCUT2D eigenvalue weighted by atomic mass is 9.72. The molecule has 1 aliphatic carbocycles. The van der Waals surface area contributed by atoms with E-state index < -0.39 is 28.9 Å². The van der Waals surface area contributed by atoms with Crippen LogP contribution in [0.4, 0.5) is 0 Å². The summed E-state index contributed by atoms with van der Waals surface area (Å²) < 4.78 is 22.6. The van der Waals surface area contributed by atoms with Gasteiger partial charge in [0.1, 0.15) is 0 Å².